The quantitative estimate of drug-likeness (QED) is 0.640. The summed E-state index contributed by atoms with van der Waals surface area (Å²) in [7, 11) is 0. The van der Waals surface area contributed by atoms with Crippen LogP contribution in [0.4, 0.5) is 4.79 Å². The van der Waals surface area contributed by atoms with Gasteiger partial charge in [0, 0.05) is 12.1 Å². The number of hydrogen-bond donors (Lipinski definition) is 3. The minimum Gasteiger partial charge on any atom is -0.481 e. The lowest BCUT2D eigenvalue weighted by atomic mass is 10.1. The van der Waals surface area contributed by atoms with E-state index in [-0.39, 0.29) is 24.5 Å². The molecule has 0 aliphatic heterocycles. The Balaban J connectivity index is 4.15. The maximum Gasteiger partial charge on any atom is 0.315 e. The molecular formula is C12H24N2O3. The van der Waals surface area contributed by atoms with Crippen molar-refractivity contribution in [3.05, 3.63) is 0 Å². The van der Waals surface area contributed by atoms with Gasteiger partial charge in [0.2, 0.25) is 0 Å². The lowest BCUT2D eigenvalue weighted by Gasteiger charge is -2.21. The average Bonchev–Trinajstić information content (AvgIpc) is 2.16. The molecule has 5 nitrogen and oxygen atoms in total. The molecule has 0 aliphatic rings. The fraction of sp³-hybridized carbons (Fsp3) is 0.833. The van der Waals surface area contributed by atoms with Crippen LogP contribution in [0.3, 0.4) is 0 Å². The van der Waals surface area contributed by atoms with Crippen molar-refractivity contribution in [1.82, 2.24) is 10.6 Å². The number of urea groups is 1. The molecular weight excluding hydrogens is 220 g/mol. The number of carbonyl (C=O) groups is 2. The summed E-state index contributed by atoms with van der Waals surface area (Å²) in [6.07, 6.45) is 1.49. The molecule has 0 fully saturated rings. The maximum atomic E-state index is 11.6. The lowest BCUT2D eigenvalue weighted by molar-refractivity contribution is -0.137. The van der Waals surface area contributed by atoms with Crippen molar-refractivity contribution >= 4 is 12.0 Å². The van der Waals surface area contributed by atoms with Gasteiger partial charge in [-0.05, 0) is 19.3 Å². The highest BCUT2D eigenvalue weighted by Crippen LogP contribution is 2.03. The number of carbonyl (C=O) groups excluding carboxylic acids is 1. The van der Waals surface area contributed by atoms with E-state index in [0.717, 1.165) is 6.42 Å². The summed E-state index contributed by atoms with van der Waals surface area (Å²) in [5.41, 5.74) is 0. The topological polar surface area (TPSA) is 78.4 Å². The molecule has 0 aromatic rings. The molecule has 0 bridgehead atoms. The van der Waals surface area contributed by atoms with Crippen molar-refractivity contribution in [2.24, 2.45) is 5.92 Å². The molecule has 0 radical (unpaired) electrons. The molecule has 100 valence electrons. The highest BCUT2D eigenvalue weighted by Gasteiger charge is 2.17. The van der Waals surface area contributed by atoms with Crippen LogP contribution in [0.1, 0.15) is 47.0 Å². The predicted octanol–water partition coefficient (Wildman–Crippen LogP) is 1.97. The lowest BCUT2D eigenvalue weighted by Crippen LogP contribution is -2.47. The van der Waals surface area contributed by atoms with E-state index in [1.54, 1.807) is 0 Å². The van der Waals surface area contributed by atoms with Crippen LogP contribution in [-0.2, 0) is 4.79 Å². The maximum absolute atomic E-state index is 11.6. The molecule has 2 unspecified atom stereocenters. The molecule has 0 aromatic heterocycles. The van der Waals surface area contributed by atoms with Crippen LogP contribution in [0.2, 0.25) is 0 Å². The number of carboxylic acids is 1. The van der Waals surface area contributed by atoms with E-state index in [9.17, 15) is 9.59 Å². The number of rotatable bonds is 7. The van der Waals surface area contributed by atoms with Gasteiger partial charge in [0.25, 0.3) is 0 Å². The molecule has 0 spiro atoms. The van der Waals surface area contributed by atoms with Crippen LogP contribution in [0.15, 0.2) is 0 Å². The normalized spacial score (nSPS) is 14.2. The third-order valence-corrected chi connectivity index (χ3v) is 2.75. The first-order chi connectivity index (χ1) is 7.86. The molecule has 17 heavy (non-hydrogen) atoms. The third kappa shape index (κ3) is 7.60. The van der Waals surface area contributed by atoms with Crippen molar-refractivity contribution in [1.29, 1.82) is 0 Å². The molecule has 2 amide bonds. The molecule has 3 N–H and O–H groups in total. The van der Waals surface area contributed by atoms with E-state index >= 15 is 0 Å². The summed E-state index contributed by atoms with van der Waals surface area (Å²) in [5, 5.41) is 14.2. The Kier molecular flexibility index (Phi) is 7.34. The Bertz CT molecular complexity index is 254. The Morgan fingerprint density at radius 3 is 2.18 bits per heavy atom. The van der Waals surface area contributed by atoms with Gasteiger partial charge >= 0.3 is 12.0 Å². The average molecular weight is 244 g/mol. The van der Waals surface area contributed by atoms with E-state index < -0.39 is 5.97 Å². The zero-order valence-electron chi connectivity index (χ0n) is 11.1. The summed E-state index contributed by atoms with van der Waals surface area (Å²) in [6.45, 7) is 7.93. The monoisotopic (exact) mass is 244 g/mol. The van der Waals surface area contributed by atoms with Gasteiger partial charge in [-0.2, -0.15) is 0 Å². The SMILES string of the molecule is CCCC(CC(=O)O)NC(=O)NC(C)C(C)C. The standard InChI is InChI=1S/C12H24N2O3/c1-5-6-10(7-11(15)16)14-12(17)13-9(4)8(2)3/h8-10H,5-7H2,1-4H3,(H,15,16)(H2,13,14,17). The highest BCUT2D eigenvalue weighted by atomic mass is 16.4. The highest BCUT2D eigenvalue weighted by molar-refractivity contribution is 5.76. The third-order valence-electron chi connectivity index (χ3n) is 2.75. The molecule has 0 heterocycles. The van der Waals surface area contributed by atoms with Gasteiger partial charge in [0.05, 0.1) is 6.42 Å². The molecule has 0 aliphatic carbocycles. The first-order valence-electron chi connectivity index (χ1n) is 6.15. The number of nitrogens with one attached hydrogen (secondary N) is 2. The van der Waals surface area contributed by atoms with Crippen molar-refractivity contribution < 1.29 is 14.7 Å². The van der Waals surface area contributed by atoms with Gasteiger partial charge in [-0.1, -0.05) is 27.2 Å². The van der Waals surface area contributed by atoms with Crippen LogP contribution in [0.25, 0.3) is 0 Å². The molecule has 0 saturated carbocycles. The second-order valence-electron chi connectivity index (χ2n) is 4.73. The Labute approximate surface area is 103 Å². The van der Waals surface area contributed by atoms with E-state index in [1.165, 1.54) is 0 Å². The van der Waals surface area contributed by atoms with Crippen LogP contribution >= 0.6 is 0 Å². The van der Waals surface area contributed by atoms with Gasteiger partial charge < -0.3 is 15.7 Å². The zero-order valence-corrected chi connectivity index (χ0v) is 11.1. The second-order valence-corrected chi connectivity index (χ2v) is 4.73. The number of amides is 2. The number of hydrogen-bond acceptors (Lipinski definition) is 2. The van der Waals surface area contributed by atoms with E-state index in [2.05, 4.69) is 10.6 Å². The largest absolute Gasteiger partial charge is 0.481 e. The fourth-order valence-electron chi connectivity index (χ4n) is 1.39. The molecule has 2 atom stereocenters. The van der Waals surface area contributed by atoms with Gasteiger partial charge in [-0.15, -0.1) is 0 Å². The fourth-order valence-corrected chi connectivity index (χ4v) is 1.39. The molecule has 0 rings (SSSR count). The molecule has 0 saturated heterocycles. The van der Waals surface area contributed by atoms with Crippen molar-refractivity contribution in [3.8, 4) is 0 Å². The van der Waals surface area contributed by atoms with Crippen LogP contribution in [0.5, 0.6) is 0 Å². The van der Waals surface area contributed by atoms with Gasteiger partial charge in [0.1, 0.15) is 0 Å². The van der Waals surface area contributed by atoms with Crippen LogP contribution in [-0.4, -0.2) is 29.2 Å². The molecule has 0 aromatic carbocycles. The van der Waals surface area contributed by atoms with Gasteiger partial charge in [-0.25, -0.2) is 4.79 Å². The summed E-state index contributed by atoms with van der Waals surface area (Å²) in [5.74, 6) is -0.537. The Morgan fingerprint density at radius 2 is 1.76 bits per heavy atom. The Hall–Kier alpha value is -1.26. The summed E-state index contributed by atoms with van der Waals surface area (Å²) < 4.78 is 0. The summed E-state index contributed by atoms with van der Waals surface area (Å²) in [6, 6.07) is -0.509. The minimum atomic E-state index is -0.888. The Morgan fingerprint density at radius 1 is 1.18 bits per heavy atom. The second kappa shape index (κ2) is 7.92. The predicted molar refractivity (Wildman–Crippen MR) is 66.9 cm³/mol. The summed E-state index contributed by atoms with van der Waals surface area (Å²) >= 11 is 0. The smallest absolute Gasteiger partial charge is 0.315 e. The van der Waals surface area contributed by atoms with Crippen LogP contribution in [0, 0.1) is 5.92 Å². The first-order valence-corrected chi connectivity index (χ1v) is 6.15. The van der Waals surface area contributed by atoms with Gasteiger partial charge in [-0.3, -0.25) is 4.79 Å². The first kappa shape index (κ1) is 15.7. The summed E-state index contributed by atoms with van der Waals surface area (Å²) in [4.78, 5) is 22.2. The minimum absolute atomic E-state index is 0.0304. The number of aliphatic carboxylic acids is 1. The molecule has 5 heteroatoms. The van der Waals surface area contributed by atoms with E-state index in [4.69, 9.17) is 5.11 Å². The van der Waals surface area contributed by atoms with E-state index in [0.29, 0.717) is 12.3 Å². The van der Waals surface area contributed by atoms with Crippen LogP contribution < -0.4 is 10.6 Å². The van der Waals surface area contributed by atoms with Crippen molar-refractivity contribution in [2.45, 2.75) is 59.0 Å². The van der Waals surface area contributed by atoms with Crippen molar-refractivity contribution in [2.75, 3.05) is 0 Å². The van der Waals surface area contributed by atoms with E-state index in [1.807, 2.05) is 27.7 Å². The van der Waals surface area contributed by atoms with Gasteiger partial charge in [0.15, 0.2) is 0 Å². The zero-order chi connectivity index (χ0) is 13.4. The number of carboxylic acid groups (broad SMARTS) is 1. The van der Waals surface area contributed by atoms with Crippen molar-refractivity contribution in [3.63, 3.8) is 0 Å².